The molecule has 3 aromatic rings. The number of rotatable bonds is 10. The summed E-state index contributed by atoms with van der Waals surface area (Å²) in [5.41, 5.74) is 2.99. The van der Waals surface area contributed by atoms with E-state index in [4.69, 9.17) is 19.0 Å². The van der Waals surface area contributed by atoms with E-state index < -0.39 is 6.10 Å². The first-order valence-electron chi connectivity index (χ1n) is 12.6. The second-order valence-electron chi connectivity index (χ2n) is 9.45. The van der Waals surface area contributed by atoms with Gasteiger partial charge in [-0.3, -0.25) is 4.79 Å². The molecular formula is C27H35N5O5. The number of carbonyl (C=O) groups is 1. The quantitative estimate of drug-likeness (QED) is 0.425. The molecule has 1 unspecified atom stereocenters. The minimum atomic E-state index is -0.636. The summed E-state index contributed by atoms with van der Waals surface area (Å²) < 4.78 is 16.6. The fourth-order valence-electron chi connectivity index (χ4n) is 4.47. The van der Waals surface area contributed by atoms with Crippen molar-refractivity contribution in [3.05, 3.63) is 47.5 Å². The van der Waals surface area contributed by atoms with E-state index >= 15 is 0 Å². The second kappa shape index (κ2) is 12.3. The molecule has 1 fully saturated rings. The lowest BCUT2D eigenvalue weighted by Gasteiger charge is -2.27. The Kier molecular flexibility index (Phi) is 8.86. The number of aryl methyl sites for hydroxylation is 2. The molecule has 0 spiro atoms. The Bertz CT molecular complexity index is 1190. The molecule has 4 rings (SSSR count). The van der Waals surface area contributed by atoms with Gasteiger partial charge in [-0.05, 0) is 57.9 Å². The molecule has 37 heavy (non-hydrogen) atoms. The molecule has 10 heteroatoms. The van der Waals surface area contributed by atoms with Crippen LogP contribution in [0.15, 0.2) is 34.9 Å². The molecule has 10 nitrogen and oxygen atoms in total. The Morgan fingerprint density at radius 1 is 1.24 bits per heavy atom. The molecule has 1 aliphatic rings. The average Bonchev–Trinajstić information content (AvgIpc) is 3.25. The van der Waals surface area contributed by atoms with Crippen molar-refractivity contribution in [1.29, 1.82) is 0 Å². The number of benzene rings is 1. The first kappa shape index (κ1) is 26.7. The van der Waals surface area contributed by atoms with Gasteiger partial charge in [-0.2, -0.15) is 0 Å². The van der Waals surface area contributed by atoms with Crippen molar-refractivity contribution in [1.82, 2.24) is 25.3 Å². The van der Waals surface area contributed by atoms with E-state index in [1.807, 2.05) is 32.0 Å². The van der Waals surface area contributed by atoms with Crippen LogP contribution in [0.3, 0.4) is 0 Å². The van der Waals surface area contributed by atoms with Crippen LogP contribution >= 0.6 is 0 Å². The summed E-state index contributed by atoms with van der Waals surface area (Å²) in [5, 5.41) is 17.0. The van der Waals surface area contributed by atoms with Gasteiger partial charge in [0.25, 0.3) is 5.91 Å². The van der Waals surface area contributed by atoms with Crippen molar-refractivity contribution in [2.45, 2.75) is 32.8 Å². The van der Waals surface area contributed by atoms with Crippen LogP contribution in [0.2, 0.25) is 0 Å². The fraction of sp³-hybridized carbons (Fsp3) is 0.481. The van der Waals surface area contributed by atoms with Crippen molar-refractivity contribution in [3.8, 4) is 28.4 Å². The Labute approximate surface area is 217 Å². The van der Waals surface area contributed by atoms with E-state index in [9.17, 15) is 9.90 Å². The van der Waals surface area contributed by atoms with Gasteiger partial charge < -0.3 is 29.3 Å². The monoisotopic (exact) mass is 509 g/mol. The van der Waals surface area contributed by atoms with Crippen LogP contribution in [0.25, 0.3) is 22.6 Å². The number of carbonyl (C=O) groups excluding carboxylic acids is 1. The van der Waals surface area contributed by atoms with Crippen molar-refractivity contribution in [2.75, 3.05) is 47.0 Å². The lowest BCUT2D eigenvalue weighted by molar-refractivity contribution is 0.0495. The summed E-state index contributed by atoms with van der Waals surface area (Å²) >= 11 is 0. The van der Waals surface area contributed by atoms with Gasteiger partial charge in [0.1, 0.15) is 29.9 Å². The number of amides is 1. The number of ether oxygens (including phenoxy) is 2. The number of hydrogen-bond acceptors (Lipinski definition) is 9. The van der Waals surface area contributed by atoms with Crippen LogP contribution in [-0.2, 0) is 4.74 Å². The van der Waals surface area contributed by atoms with Crippen molar-refractivity contribution in [3.63, 3.8) is 0 Å². The van der Waals surface area contributed by atoms with Gasteiger partial charge in [0.2, 0.25) is 0 Å². The summed E-state index contributed by atoms with van der Waals surface area (Å²) in [7, 11) is 3.58. The van der Waals surface area contributed by atoms with Crippen LogP contribution in [-0.4, -0.2) is 84.1 Å². The number of hydrogen-bond donors (Lipinski definition) is 2. The zero-order valence-electron chi connectivity index (χ0n) is 21.9. The zero-order valence-corrected chi connectivity index (χ0v) is 21.9. The summed E-state index contributed by atoms with van der Waals surface area (Å²) in [4.78, 5) is 24.7. The number of aliphatic hydroxyl groups excluding tert-OH is 1. The molecule has 2 aromatic heterocycles. The van der Waals surface area contributed by atoms with Crippen LogP contribution in [0.1, 0.15) is 34.8 Å². The van der Waals surface area contributed by atoms with Crippen LogP contribution in [0, 0.1) is 19.8 Å². The van der Waals surface area contributed by atoms with E-state index in [1.165, 1.54) is 0 Å². The number of aromatic nitrogens is 3. The highest BCUT2D eigenvalue weighted by atomic mass is 16.5. The van der Waals surface area contributed by atoms with Crippen LogP contribution in [0.4, 0.5) is 0 Å². The van der Waals surface area contributed by atoms with Gasteiger partial charge >= 0.3 is 0 Å². The normalized spacial score (nSPS) is 14.9. The lowest BCUT2D eigenvalue weighted by atomic mass is 10.00. The largest absolute Gasteiger partial charge is 0.491 e. The maximum absolute atomic E-state index is 13.5. The summed E-state index contributed by atoms with van der Waals surface area (Å²) in [5.74, 6) is 1.81. The van der Waals surface area contributed by atoms with Crippen molar-refractivity contribution in [2.24, 2.45) is 5.92 Å². The fourth-order valence-corrected chi connectivity index (χ4v) is 4.47. The maximum atomic E-state index is 13.5. The first-order valence-corrected chi connectivity index (χ1v) is 12.6. The Hall–Kier alpha value is -3.34. The first-order chi connectivity index (χ1) is 17.9. The summed E-state index contributed by atoms with van der Waals surface area (Å²) in [6, 6.07) is 9.01. The number of aliphatic hydroxyl groups is 1. The van der Waals surface area contributed by atoms with Gasteiger partial charge in [0.05, 0.1) is 17.0 Å². The third-order valence-electron chi connectivity index (χ3n) is 6.43. The number of likely N-dealkylation sites (N-methyl/N-ethyl adjacent to an activating group) is 1. The molecule has 1 amide bonds. The molecule has 2 N–H and O–H groups in total. The summed E-state index contributed by atoms with van der Waals surface area (Å²) in [6.07, 6.45) is 1.24. The third-order valence-corrected chi connectivity index (χ3v) is 6.43. The van der Waals surface area contributed by atoms with E-state index in [0.717, 1.165) is 31.6 Å². The average molecular weight is 510 g/mol. The summed E-state index contributed by atoms with van der Waals surface area (Å²) in [6.45, 7) is 6.33. The van der Waals surface area contributed by atoms with E-state index in [1.54, 1.807) is 31.1 Å². The minimum absolute atomic E-state index is 0.144. The Morgan fingerprint density at radius 3 is 2.73 bits per heavy atom. The molecule has 0 aliphatic carbocycles. The SMILES string of the molecule is CNCC(O)COc1cccc(-c2nc(C(=O)N(C)CC3CCOCC3)cc(-c3c(C)noc3C)n2)c1. The molecule has 3 heterocycles. The van der Waals surface area contributed by atoms with Gasteiger partial charge in [-0.15, -0.1) is 0 Å². The van der Waals surface area contributed by atoms with Crippen molar-refractivity contribution >= 4 is 5.91 Å². The molecule has 1 atom stereocenters. The zero-order chi connectivity index (χ0) is 26.4. The highest BCUT2D eigenvalue weighted by Crippen LogP contribution is 2.29. The maximum Gasteiger partial charge on any atom is 0.272 e. The van der Waals surface area contributed by atoms with Gasteiger partial charge in [0, 0.05) is 38.9 Å². The lowest BCUT2D eigenvalue weighted by Crippen LogP contribution is -2.34. The molecule has 1 saturated heterocycles. The highest BCUT2D eigenvalue weighted by molar-refractivity contribution is 5.93. The standard InChI is InChI=1S/C27H35N5O5/c1-17-25(18(2)37-31-17)23-13-24(27(34)32(4)15-19-8-10-35-11-9-19)30-26(29-23)20-6-5-7-22(12-20)36-16-21(33)14-28-3/h5-7,12-13,19,21,28,33H,8-11,14-16H2,1-4H3. The van der Waals surface area contributed by atoms with Crippen LogP contribution in [0.5, 0.6) is 5.75 Å². The highest BCUT2D eigenvalue weighted by Gasteiger charge is 2.23. The van der Waals surface area contributed by atoms with Gasteiger partial charge in [-0.1, -0.05) is 17.3 Å². The number of nitrogens with one attached hydrogen (secondary N) is 1. The van der Waals surface area contributed by atoms with Crippen LogP contribution < -0.4 is 10.1 Å². The predicted molar refractivity (Wildman–Crippen MR) is 138 cm³/mol. The van der Waals surface area contributed by atoms with Gasteiger partial charge in [-0.25, -0.2) is 9.97 Å². The van der Waals surface area contributed by atoms with E-state index in [0.29, 0.717) is 59.0 Å². The third kappa shape index (κ3) is 6.71. The Morgan fingerprint density at radius 2 is 2.03 bits per heavy atom. The second-order valence-corrected chi connectivity index (χ2v) is 9.45. The van der Waals surface area contributed by atoms with E-state index in [2.05, 4.69) is 15.5 Å². The minimum Gasteiger partial charge on any atom is -0.491 e. The molecule has 0 saturated carbocycles. The van der Waals surface area contributed by atoms with E-state index in [-0.39, 0.29) is 12.5 Å². The predicted octanol–water partition coefficient (Wildman–Crippen LogP) is 2.87. The molecule has 1 aliphatic heterocycles. The molecule has 1 aromatic carbocycles. The molecule has 198 valence electrons. The molecule has 0 radical (unpaired) electrons. The molecular weight excluding hydrogens is 474 g/mol. The Balaban J connectivity index is 1.66. The number of nitrogens with zero attached hydrogens (tertiary/aromatic N) is 4. The van der Waals surface area contributed by atoms with Gasteiger partial charge in [0.15, 0.2) is 5.82 Å². The smallest absolute Gasteiger partial charge is 0.272 e. The van der Waals surface area contributed by atoms with Crippen molar-refractivity contribution < 1.29 is 23.9 Å². The topological polar surface area (TPSA) is 123 Å². The molecule has 0 bridgehead atoms.